The molecule has 3 aromatic rings. The number of nitrogens with one attached hydrogen (secondary N) is 2. The smallest absolute Gasteiger partial charge is 0.274 e. The topological polar surface area (TPSA) is 54.0 Å². The number of nitrogens with zero attached hydrogens (tertiary/aromatic N) is 1. The molecule has 0 aliphatic rings. The van der Waals surface area contributed by atoms with Crippen LogP contribution in [0.3, 0.4) is 0 Å². The summed E-state index contributed by atoms with van der Waals surface area (Å²) in [5, 5.41) is 5.92. The normalized spacial score (nSPS) is 10.3. The van der Waals surface area contributed by atoms with Gasteiger partial charge in [0.2, 0.25) is 0 Å². The molecule has 0 saturated heterocycles. The lowest BCUT2D eigenvalue weighted by molar-refractivity contribution is 0.102. The summed E-state index contributed by atoms with van der Waals surface area (Å²) in [6, 6.07) is 19.4. The highest BCUT2D eigenvalue weighted by Crippen LogP contribution is 2.13. The highest BCUT2D eigenvalue weighted by atomic mass is 19.1. The molecule has 126 valence electrons. The number of pyridine rings is 1. The average Bonchev–Trinajstić information content (AvgIpc) is 2.63. The Morgan fingerprint density at radius 1 is 0.960 bits per heavy atom. The van der Waals surface area contributed by atoms with Crippen LogP contribution in [0.2, 0.25) is 0 Å². The third-order valence-corrected chi connectivity index (χ3v) is 3.66. The molecule has 1 aromatic heterocycles. The molecule has 0 spiro atoms. The van der Waals surface area contributed by atoms with Crippen molar-refractivity contribution in [1.82, 2.24) is 4.98 Å². The molecule has 0 atom stereocenters. The molecule has 0 aliphatic carbocycles. The zero-order valence-corrected chi connectivity index (χ0v) is 13.6. The highest BCUT2D eigenvalue weighted by molar-refractivity contribution is 6.03. The summed E-state index contributed by atoms with van der Waals surface area (Å²) in [5.41, 5.74) is 2.73. The van der Waals surface area contributed by atoms with Gasteiger partial charge in [0, 0.05) is 24.1 Å². The molecule has 0 unspecified atom stereocenters. The van der Waals surface area contributed by atoms with Gasteiger partial charge in [-0.15, -0.1) is 0 Å². The fraction of sp³-hybridized carbons (Fsp3) is 0.100. The Morgan fingerprint density at radius 3 is 2.60 bits per heavy atom. The van der Waals surface area contributed by atoms with Crippen molar-refractivity contribution in [1.29, 1.82) is 0 Å². The van der Waals surface area contributed by atoms with Gasteiger partial charge in [-0.25, -0.2) is 4.39 Å². The van der Waals surface area contributed by atoms with E-state index >= 15 is 0 Å². The quantitative estimate of drug-likeness (QED) is 0.712. The Bertz CT molecular complexity index is 852. The van der Waals surface area contributed by atoms with Crippen LogP contribution in [-0.2, 0) is 6.42 Å². The number of rotatable bonds is 6. The van der Waals surface area contributed by atoms with E-state index in [-0.39, 0.29) is 11.6 Å². The molecular weight excluding hydrogens is 317 g/mol. The van der Waals surface area contributed by atoms with E-state index in [1.54, 1.807) is 24.4 Å². The Morgan fingerprint density at radius 2 is 1.80 bits per heavy atom. The summed E-state index contributed by atoms with van der Waals surface area (Å²) >= 11 is 0. The average molecular weight is 335 g/mol. The molecular formula is C20H18FN3O. The summed E-state index contributed by atoms with van der Waals surface area (Å²) < 4.78 is 13.2. The number of anilines is 2. The van der Waals surface area contributed by atoms with Crippen LogP contribution >= 0.6 is 0 Å². The number of hydrogen-bond donors (Lipinski definition) is 2. The molecule has 0 radical (unpaired) electrons. The Labute approximate surface area is 145 Å². The summed E-state index contributed by atoms with van der Waals surface area (Å²) in [5.74, 6) is -0.778. The lowest BCUT2D eigenvalue weighted by atomic mass is 10.1. The van der Waals surface area contributed by atoms with Gasteiger partial charge < -0.3 is 10.6 Å². The number of amides is 1. The third kappa shape index (κ3) is 4.88. The van der Waals surface area contributed by atoms with Crippen molar-refractivity contribution in [2.24, 2.45) is 0 Å². The van der Waals surface area contributed by atoms with Crippen LogP contribution in [0, 0.1) is 5.82 Å². The molecule has 0 bridgehead atoms. The maximum atomic E-state index is 13.2. The highest BCUT2D eigenvalue weighted by Gasteiger charge is 2.09. The maximum absolute atomic E-state index is 13.2. The van der Waals surface area contributed by atoms with Gasteiger partial charge in [0.25, 0.3) is 5.91 Å². The Balaban J connectivity index is 1.59. The van der Waals surface area contributed by atoms with E-state index < -0.39 is 5.82 Å². The van der Waals surface area contributed by atoms with Crippen LogP contribution in [0.15, 0.2) is 72.9 Å². The van der Waals surface area contributed by atoms with Crippen molar-refractivity contribution in [3.8, 4) is 0 Å². The van der Waals surface area contributed by atoms with Crippen molar-refractivity contribution in [2.45, 2.75) is 6.42 Å². The predicted octanol–water partition coefficient (Wildman–Crippen LogP) is 4.13. The van der Waals surface area contributed by atoms with Gasteiger partial charge in [-0.1, -0.05) is 36.4 Å². The predicted molar refractivity (Wildman–Crippen MR) is 97.2 cm³/mol. The second-order valence-electron chi connectivity index (χ2n) is 5.56. The van der Waals surface area contributed by atoms with Crippen LogP contribution in [-0.4, -0.2) is 17.4 Å². The van der Waals surface area contributed by atoms with Crippen LogP contribution in [0.25, 0.3) is 0 Å². The second-order valence-corrected chi connectivity index (χ2v) is 5.56. The van der Waals surface area contributed by atoms with Gasteiger partial charge >= 0.3 is 0 Å². The van der Waals surface area contributed by atoms with E-state index in [9.17, 15) is 9.18 Å². The lowest BCUT2D eigenvalue weighted by Crippen LogP contribution is -2.14. The van der Waals surface area contributed by atoms with Gasteiger partial charge in [0.15, 0.2) is 0 Å². The number of hydrogen-bond acceptors (Lipinski definition) is 3. The minimum absolute atomic E-state index is 0.272. The first-order valence-electron chi connectivity index (χ1n) is 8.01. The fourth-order valence-electron chi connectivity index (χ4n) is 2.42. The van der Waals surface area contributed by atoms with Crippen molar-refractivity contribution in [3.05, 3.63) is 90.0 Å². The first kappa shape index (κ1) is 16.6. The van der Waals surface area contributed by atoms with E-state index in [2.05, 4.69) is 27.8 Å². The summed E-state index contributed by atoms with van der Waals surface area (Å²) in [7, 11) is 0. The van der Waals surface area contributed by atoms with Gasteiger partial charge in [-0.3, -0.25) is 9.78 Å². The molecule has 0 aliphatic heterocycles. The van der Waals surface area contributed by atoms with E-state index in [0.29, 0.717) is 5.69 Å². The SMILES string of the molecule is O=C(Nc1cccc(F)c1)c1cc(NCCc2ccccc2)ccn1. The molecule has 1 amide bonds. The molecule has 0 saturated carbocycles. The van der Waals surface area contributed by atoms with E-state index in [1.807, 2.05) is 24.3 Å². The Kier molecular flexibility index (Phi) is 5.36. The zero-order valence-electron chi connectivity index (χ0n) is 13.6. The maximum Gasteiger partial charge on any atom is 0.274 e. The summed E-state index contributed by atoms with van der Waals surface area (Å²) in [6.07, 6.45) is 2.46. The number of aromatic nitrogens is 1. The molecule has 25 heavy (non-hydrogen) atoms. The number of carbonyl (C=O) groups is 1. The largest absolute Gasteiger partial charge is 0.385 e. The molecule has 2 N–H and O–H groups in total. The van der Waals surface area contributed by atoms with Crippen LogP contribution in [0.4, 0.5) is 15.8 Å². The van der Waals surface area contributed by atoms with Gasteiger partial charge in [-0.05, 0) is 42.3 Å². The van der Waals surface area contributed by atoms with Gasteiger partial charge in [-0.2, -0.15) is 0 Å². The zero-order chi connectivity index (χ0) is 17.5. The van der Waals surface area contributed by atoms with Crippen molar-refractivity contribution in [3.63, 3.8) is 0 Å². The Hall–Kier alpha value is -3.21. The van der Waals surface area contributed by atoms with Crippen molar-refractivity contribution in [2.75, 3.05) is 17.2 Å². The monoisotopic (exact) mass is 335 g/mol. The summed E-state index contributed by atoms with van der Waals surface area (Å²) in [4.78, 5) is 16.3. The molecule has 5 heteroatoms. The number of benzene rings is 2. The van der Waals surface area contributed by atoms with Crippen LogP contribution in [0.1, 0.15) is 16.1 Å². The molecule has 4 nitrogen and oxygen atoms in total. The minimum Gasteiger partial charge on any atom is -0.385 e. The molecule has 3 rings (SSSR count). The van der Waals surface area contributed by atoms with Crippen LogP contribution in [0.5, 0.6) is 0 Å². The van der Waals surface area contributed by atoms with Gasteiger partial charge in [0.1, 0.15) is 11.5 Å². The lowest BCUT2D eigenvalue weighted by Gasteiger charge is -2.09. The standard InChI is InChI=1S/C20H18FN3O/c21-16-7-4-8-18(13-16)24-20(25)19-14-17(10-12-23-19)22-11-9-15-5-2-1-3-6-15/h1-8,10,12-14H,9,11H2,(H,22,23)(H,24,25). The van der Waals surface area contributed by atoms with Crippen molar-refractivity contribution >= 4 is 17.3 Å². The number of halogens is 1. The first-order valence-corrected chi connectivity index (χ1v) is 8.01. The number of carbonyl (C=O) groups excluding carboxylic acids is 1. The summed E-state index contributed by atoms with van der Waals surface area (Å²) in [6.45, 7) is 0.749. The third-order valence-electron chi connectivity index (χ3n) is 3.66. The second kappa shape index (κ2) is 8.06. The minimum atomic E-state index is -0.401. The molecule has 0 fully saturated rings. The van der Waals surface area contributed by atoms with E-state index in [4.69, 9.17) is 0 Å². The van der Waals surface area contributed by atoms with Crippen LogP contribution < -0.4 is 10.6 Å². The molecule has 2 aromatic carbocycles. The first-order chi connectivity index (χ1) is 12.2. The van der Waals surface area contributed by atoms with Gasteiger partial charge in [0.05, 0.1) is 0 Å². The van der Waals surface area contributed by atoms with E-state index in [0.717, 1.165) is 18.7 Å². The fourth-order valence-corrected chi connectivity index (χ4v) is 2.42. The van der Waals surface area contributed by atoms with E-state index in [1.165, 1.54) is 17.7 Å². The van der Waals surface area contributed by atoms with Crippen molar-refractivity contribution < 1.29 is 9.18 Å². The molecule has 1 heterocycles.